The third kappa shape index (κ3) is 4.44. The van der Waals surface area contributed by atoms with Gasteiger partial charge in [-0.3, -0.25) is 9.59 Å². The summed E-state index contributed by atoms with van der Waals surface area (Å²) in [7, 11) is 0. The summed E-state index contributed by atoms with van der Waals surface area (Å²) in [5, 5.41) is 10.8. The minimum absolute atomic E-state index is 0.0625. The molecule has 0 bridgehead atoms. The van der Waals surface area contributed by atoms with E-state index in [1.807, 2.05) is 13.0 Å². The molecule has 1 saturated heterocycles. The maximum atomic E-state index is 12.4. The SMILES string of the molecule is CC(C)=CCC[C@@H]1COC(=O)[C@@H]2/C(C=O)=C\C/C=C(/C)C[C@H](O)[C@@H]12. The first-order chi connectivity index (χ1) is 11.4. The van der Waals surface area contributed by atoms with Crippen LogP contribution in [0.15, 0.2) is 34.9 Å². The van der Waals surface area contributed by atoms with Gasteiger partial charge in [0.25, 0.3) is 0 Å². The number of carbonyl (C=O) groups excluding carboxylic acids is 2. The van der Waals surface area contributed by atoms with Crippen molar-refractivity contribution in [1.82, 2.24) is 0 Å². The van der Waals surface area contributed by atoms with Gasteiger partial charge in [0.05, 0.1) is 18.6 Å². The van der Waals surface area contributed by atoms with E-state index in [1.54, 1.807) is 6.08 Å². The van der Waals surface area contributed by atoms with Crippen LogP contribution >= 0.6 is 0 Å². The molecule has 1 aliphatic carbocycles. The molecule has 0 unspecified atom stereocenters. The van der Waals surface area contributed by atoms with Crippen LogP contribution < -0.4 is 0 Å². The number of aliphatic hydroxyl groups is 1. The van der Waals surface area contributed by atoms with E-state index in [0.717, 1.165) is 24.7 Å². The maximum Gasteiger partial charge on any atom is 0.313 e. The number of carbonyl (C=O) groups is 2. The Morgan fingerprint density at radius 3 is 2.79 bits per heavy atom. The van der Waals surface area contributed by atoms with Crippen LogP contribution in [0.1, 0.15) is 46.5 Å². The Bertz CT molecular complexity index is 566. The summed E-state index contributed by atoms with van der Waals surface area (Å²) >= 11 is 0. The lowest BCUT2D eigenvalue weighted by Crippen LogP contribution is -2.46. The van der Waals surface area contributed by atoms with Gasteiger partial charge in [-0.05, 0) is 52.4 Å². The number of aldehydes is 1. The molecule has 1 aliphatic heterocycles. The Kier molecular flexibility index (Phi) is 6.55. The molecule has 1 N–H and O–H groups in total. The molecule has 0 aromatic carbocycles. The number of hydrogen-bond donors (Lipinski definition) is 1. The Morgan fingerprint density at radius 2 is 2.12 bits per heavy atom. The Hall–Kier alpha value is -1.68. The smallest absolute Gasteiger partial charge is 0.313 e. The lowest BCUT2D eigenvalue weighted by Gasteiger charge is -2.39. The Morgan fingerprint density at radius 1 is 1.38 bits per heavy atom. The molecule has 0 aromatic rings. The van der Waals surface area contributed by atoms with Crippen molar-refractivity contribution in [3.63, 3.8) is 0 Å². The minimum Gasteiger partial charge on any atom is -0.465 e. The first-order valence-corrected chi connectivity index (χ1v) is 8.73. The van der Waals surface area contributed by atoms with Crippen molar-refractivity contribution in [1.29, 1.82) is 0 Å². The molecule has 1 heterocycles. The van der Waals surface area contributed by atoms with Gasteiger partial charge in [-0.15, -0.1) is 0 Å². The van der Waals surface area contributed by atoms with Crippen LogP contribution in [0.5, 0.6) is 0 Å². The first kappa shape index (κ1) is 18.7. The molecule has 132 valence electrons. The molecule has 0 radical (unpaired) electrons. The number of hydrogen-bond acceptors (Lipinski definition) is 4. The van der Waals surface area contributed by atoms with Crippen molar-refractivity contribution in [2.24, 2.45) is 17.8 Å². The zero-order chi connectivity index (χ0) is 17.7. The van der Waals surface area contributed by atoms with Gasteiger partial charge >= 0.3 is 5.97 Å². The quantitative estimate of drug-likeness (QED) is 0.487. The second kappa shape index (κ2) is 8.43. The molecule has 0 saturated carbocycles. The first-order valence-electron chi connectivity index (χ1n) is 8.73. The number of esters is 1. The van der Waals surface area contributed by atoms with E-state index >= 15 is 0 Å². The van der Waals surface area contributed by atoms with Crippen molar-refractivity contribution in [3.05, 3.63) is 34.9 Å². The average molecular weight is 332 g/mol. The van der Waals surface area contributed by atoms with Crippen LogP contribution in [0.4, 0.5) is 0 Å². The molecule has 0 amide bonds. The number of fused-ring (bicyclic) bond motifs is 1. The van der Waals surface area contributed by atoms with Gasteiger partial charge in [0.2, 0.25) is 0 Å². The fraction of sp³-hybridized carbons (Fsp3) is 0.600. The summed E-state index contributed by atoms with van der Waals surface area (Å²) in [6.45, 7) is 6.42. The molecule has 24 heavy (non-hydrogen) atoms. The summed E-state index contributed by atoms with van der Waals surface area (Å²) in [4.78, 5) is 23.9. The van der Waals surface area contributed by atoms with Crippen LogP contribution in [0, 0.1) is 17.8 Å². The molecular formula is C20H28O4. The zero-order valence-electron chi connectivity index (χ0n) is 14.8. The number of rotatable bonds is 4. The van der Waals surface area contributed by atoms with Crippen LogP contribution in [0.3, 0.4) is 0 Å². The highest BCUT2D eigenvalue weighted by Gasteiger charge is 2.45. The van der Waals surface area contributed by atoms with Crippen LogP contribution in [-0.4, -0.2) is 30.1 Å². The van der Waals surface area contributed by atoms with E-state index in [-0.39, 0.29) is 17.8 Å². The molecular weight excluding hydrogens is 304 g/mol. The van der Waals surface area contributed by atoms with Crippen LogP contribution in [-0.2, 0) is 14.3 Å². The summed E-state index contributed by atoms with van der Waals surface area (Å²) in [5.41, 5.74) is 2.79. The van der Waals surface area contributed by atoms with Crippen molar-refractivity contribution >= 4 is 12.3 Å². The van der Waals surface area contributed by atoms with Crippen LogP contribution in [0.2, 0.25) is 0 Å². The molecule has 1 fully saturated rings. The van der Waals surface area contributed by atoms with Crippen molar-refractivity contribution < 1.29 is 19.4 Å². The van der Waals surface area contributed by atoms with E-state index in [0.29, 0.717) is 25.0 Å². The maximum absolute atomic E-state index is 12.4. The monoisotopic (exact) mass is 332 g/mol. The zero-order valence-corrected chi connectivity index (χ0v) is 14.8. The van der Waals surface area contributed by atoms with Gasteiger partial charge < -0.3 is 9.84 Å². The molecule has 0 spiro atoms. The highest BCUT2D eigenvalue weighted by atomic mass is 16.5. The van der Waals surface area contributed by atoms with Gasteiger partial charge in [0, 0.05) is 11.5 Å². The van der Waals surface area contributed by atoms with E-state index in [1.165, 1.54) is 5.57 Å². The predicted molar refractivity (Wildman–Crippen MR) is 93.2 cm³/mol. The van der Waals surface area contributed by atoms with Crippen molar-refractivity contribution in [2.75, 3.05) is 6.61 Å². The fourth-order valence-electron chi connectivity index (χ4n) is 3.77. The molecule has 0 aromatic heterocycles. The fourth-order valence-corrected chi connectivity index (χ4v) is 3.77. The van der Waals surface area contributed by atoms with E-state index < -0.39 is 12.0 Å². The third-order valence-electron chi connectivity index (χ3n) is 5.00. The normalized spacial score (nSPS) is 34.9. The van der Waals surface area contributed by atoms with Gasteiger partial charge in [-0.1, -0.05) is 29.4 Å². The average Bonchev–Trinajstić information content (AvgIpc) is 2.58. The minimum atomic E-state index is -0.651. The molecule has 4 atom stereocenters. The van der Waals surface area contributed by atoms with E-state index in [9.17, 15) is 14.7 Å². The van der Waals surface area contributed by atoms with Crippen molar-refractivity contribution in [2.45, 2.75) is 52.6 Å². The largest absolute Gasteiger partial charge is 0.465 e. The summed E-state index contributed by atoms with van der Waals surface area (Å²) in [6, 6.07) is 0. The number of cyclic esters (lactones) is 1. The standard InChI is InChI=1S/C20H28O4/c1-13(2)6-4-9-16-12-24-20(23)19-15(11-21)8-5-7-14(3)10-17(22)18(16)19/h6-8,11,16-19,22H,4-5,9-10,12H2,1-3H3/b14-7-,15-8-/t16-,17+,18-,19-/m1/s1. The topological polar surface area (TPSA) is 63.6 Å². The molecule has 4 heteroatoms. The molecule has 4 nitrogen and oxygen atoms in total. The van der Waals surface area contributed by atoms with Gasteiger partial charge in [-0.25, -0.2) is 0 Å². The second-order valence-electron chi connectivity index (χ2n) is 7.18. The lowest BCUT2D eigenvalue weighted by atomic mass is 9.70. The Balaban J connectivity index is 2.33. The molecule has 2 rings (SSSR count). The second-order valence-corrected chi connectivity index (χ2v) is 7.18. The summed E-state index contributed by atoms with van der Waals surface area (Å²) < 4.78 is 5.37. The van der Waals surface area contributed by atoms with Crippen LogP contribution in [0.25, 0.3) is 0 Å². The highest BCUT2D eigenvalue weighted by molar-refractivity contribution is 5.88. The third-order valence-corrected chi connectivity index (χ3v) is 5.00. The number of aliphatic hydroxyl groups excluding tert-OH is 1. The Labute approximate surface area is 144 Å². The van der Waals surface area contributed by atoms with Gasteiger partial charge in [0.1, 0.15) is 6.29 Å². The van der Waals surface area contributed by atoms with Crippen molar-refractivity contribution in [3.8, 4) is 0 Å². The summed E-state index contributed by atoms with van der Waals surface area (Å²) in [5.74, 6) is -1.24. The highest BCUT2D eigenvalue weighted by Crippen LogP contribution is 2.39. The van der Waals surface area contributed by atoms with E-state index in [2.05, 4.69) is 19.9 Å². The summed E-state index contributed by atoms with van der Waals surface area (Å²) in [6.07, 6.45) is 8.93. The predicted octanol–water partition coefficient (Wildman–Crippen LogP) is 3.36. The molecule has 2 aliphatic rings. The van der Waals surface area contributed by atoms with Gasteiger partial charge in [0.15, 0.2) is 0 Å². The van der Waals surface area contributed by atoms with E-state index in [4.69, 9.17) is 4.74 Å². The number of ether oxygens (including phenoxy) is 1. The number of allylic oxidation sites excluding steroid dienone is 4. The lowest BCUT2D eigenvalue weighted by molar-refractivity contribution is -0.164. The van der Waals surface area contributed by atoms with Gasteiger partial charge in [-0.2, -0.15) is 0 Å².